The van der Waals surface area contributed by atoms with E-state index >= 15 is 0 Å². The van der Waals surface area contributed by atoms with Gasteiger partial charge in [-0.05, 0) is 41.1 Å². The summed E-state index contributed by atoms with van der Waals surface area (Å²) in [6.07, 6.45) is 0. The fraction of sp³-hybridized carbons (Fsp3) is 0.182. The van der Waals surface area contributed by atoms with Crippen LogP contribution in [-0.4, -0.2) is 11.7 Å². The molecule has 2 nitrogen and oxygen atoms in total. The van der Waals surface area contributed by atoms with Crippen LogP contribution in [0.15, 0.2) is 28.9 Å². The number of halogens is 3. The highest BCUT2D eigenvalue weighted by atomic mass is 79.9. The molecule has 2 N–H and O–H groups in total. The van der Waals surface area contributed by atoms with E-state index in [-0.39, 0.29) is 5.82 Å². The Kier molecular flexibility index (Phi) is 4.50. The van der Waals surface area contributed by atoms with Crippen molar-refractivity contribution in [1.29, 1.82) is 0 Å². The van der Waals surface area contributed by atoms with Gasteiger partial charge in [0.25, 0.3) is 0 Å². The zero-order valence-corrected chi connectivity index (χ0v) is 11.2. The van der Waals surface area contributed by atoms with Gasteiger partial charge >= 0.3 is 0 Å². The molecule has 5 heteroatoms. The Morgan fingerprint density at radius 3 is 2.56 bits per heavy atom. The largest absolute Gasteiger partial charge is 0.402 e. The third-order valence-corrected chi connectivity index (χ3v) is 3.06. The topological polar surface area (TPSA) is 38.4 Å². The van der Waals surface area contributed by atoms with Gasteiger partial charge in [-0.3, -0.25) is 4.99 Å². The maximum absolute atomic E-state index is 12.9. The minimum Gasteiger partial charge on any atom is -0.402 e. The molecule has 0 heterocycles. The summed E-state index contributed by atoms with van der Waals surface area (Å²) in [4.78, 5) is 3.99. The summed E-state index contributed by atoms with van der Waals surface area (Å²) in [5.74, 6) is -0.382. The lowest BCUT2D eigenvalue weighted by atomic mass is 10.1. The number of hydrogen-bond donors (Lipinski definition) is 1. The van der Waals surface area contributed by atoms with E-state index in [1.165, 1.54) is 12.1 Å². The molecule has 0 aliphatic carbocycles. The molecular weight excluding hydrogens is 294 g/mol. The Labute approximate surface area is 107 Å². The standard InChI is InChI=1S/C11H11BrClFN2/c1-6(15)10(11(12)16-2)8-4-3-7(14)5-9(8)13/h3-5H,15H2,1-2H3. The maximum atomic E-state index is 12.9. The quantitative estimate of drug-likeness (QED) is 0.833. The molecule has 0 unspecified atom stereocenters. The van der Waals surface area contributed by atoms with Crippen molar-refractivity contribution in [2.24, 2.45) is 10.7 Å². The first-order valence-corrected chi connectivity index (χ1v) is 5.69. The molecule has 0 aliphatic heterocycles. The molecule has 16 heavy (non-hydrogen) atoms. The van der Waals surface area contributed by atoms with Crippen LogP contribution in [-0.2, 0) is 0 Å². The summed E-state index contributed by atoms with van der Waals surface area (Å²) < 4.78 is 13.5. The fourth-order valence-electron chi connectivity index (χ4n) is 1.29. The van der Waals surface area contributed by atoms with E-state index in [0.29, 0.717) is 26.5 Å². The number of aliphatic imine (C=N–C) groups is 1. The summed E-state index contributed by atoms with van der Waals surface area (Å²) in [6.45, 7) is 1.74. The molecule has 0 saturated heterocycles. The molecule has 1 aromatic rings. The maximum Gasteiger partial charge on any atom is 0.124 e. The summed E-state index contributed by atoms with van der Waals surface area (Å²) in [5.41, 5.74) is 7.66. The van der Waals surface area contributed by atoms with Crippen LogP contribution in [0.25, 0.3) is 5.57 Å². The minimum atomic E-state index is -0.382. The molecule has 1 aromatic carbocycles. The van der Waals surface area contributed by atoms with Crippen LogP contribution in [0, 0.1) is 5.82 Å². The van der Waals surface area contributed by atoms with Crippen LogP contribution in [0.3, 0.4) is 0 Å². The highest BCUT2D eigenvalue weighted by Crippen LogP contribution is 2.28. The molecule has 0 amide bonds. The summed E-state index contributed by atoms with van der Waals surface area (Å²) in [6, 6.07) is 4.16. The zero-order valence-electron chi connectivity index (χ0n) is 8.89. The summed E-state index contributed by atoms with van der Waals surface area (Å²) in [5, 5.41) is 0.306. The van der Waals surface area contributed by atoms with E-state index in [0.717, 1.165) is 0 Å². The van der Waals surface area contributed by atoms with Crippen LogP contribution >= 0.6 is 27.5 Å². The van der Waals surface area contributed by atoms with Crippen molar-refractivity contribution in [2.75, 3.05) is 7.05 Å². The third kappa shape index (κ3) is 2.83. The molecule has 0 aromatic heterocycles. The van der Waals surface area contributed by atoms with Gasteiger partial charge in [-0.2, -0.15) is 0 Å². The zero-order chi connectivity index (χ0) is 12.3. The second-order valence-corrected chi connectivity index (χ2v) is 4.35. The van der Waals surface area contributed by atoms with Gasteiger partial charge in [-0.15, -0.1) is 0 Å². The fourth-order valence-corrected chi connectivity index (χ4v) is 2.08. The lowest BCUT2D eigenvalue weighted by Crippen LogP contribution is -2.04. The predicted molar refractivity (Wildman–Crippen MR) is 70.5 cm³/mol. The van der Waals surface area contributed by atoms with Gasteiger partial charge in [0, 0.05) is 23.9 Å². The lowest BCUT2D eigenvalue weighted by molar-refractivity contribution is 0.628. The Morgan fingerprint density at radius 2 is 2.12 bits per heavy atom. The molecule has 0 atom stereocenters. The van der Waals surface area contributed by atoms with Crippen LogP contribution in [0.1, 0.15) is 12.5 Å². The van der Waals surface area contributed by atoms with Crippen molar-refractivity contribution < 1.29 is 4.39 Å². The van der Waals surface area contributed by atoms with Crippen molar-refractivity contribution in [3.8, 4) is 0 Å². The van der Waals surface area contributed by atoms with E-state index in [1.807, 2.05) is 0 Å². The molecule has 0 spiro atoms. The Morgan fingerprint density at radius 1 is 1.50 bits per heavy atom. The van der Waals surface area contributed by atoms with E-state index in [2.05, 4.69) is 20.9 Å². The normalized spacial score (nSPS) is 13.7. The molecule has 0 fully saturated rings. The van der Waals surface area contributed by atoms with E-state index in [4.69, 9.17) is 17.3 Å². The Hall–Kier alpha value is -0.870. The monoisotopic (exact) mass is 304 g/mol. The Bertz CT molecular complexity index is 465. The second kappa shape index (κ2) is 5.46. The van der Waals surface area contributed by atoms with Crippen LogP contribution < -0.4 is 5.73 Å². The van der Waals surface area contributed by atoms with Crippen LogP contribution in [0.4, 0.5) is 4.39 Å². The SMILES string of the molecule is CN=C(Br)C(=C(C)N)c1ccc(F)cc1Cl. The van der Waals surface area contributed by atoms with E-state index < -0.39 is 0 Å². The van der Waals surface area contributed by atoms with Crippen molar-refractivity contribution >= 4 is 37.7 Å². The van der Waals surface area contributed by atoms with Crippen molar-refractivity contribution in [3.05, 3.63) is 40.3 Å². The molecule has 86 valence electrons. The van der Waals surface area contributed by atoms with Crippen molar-refractivity contribution in [1.82, 2.24) is 0 Å². The number of hydrogen-bond acceptors (Lipinski definition) is 2. The lowest BCUT2D eigenvalue weighted by Gasteiger charge is -2.10. The van der Waals surface area contributed by atoms with E-state index in [1.54, 1.807) is 20.0 Å². The third-order valence-electron chi connectivity index (χ3n) is 2.00. The van der Waals surface area contributed by atoms with E-state index in [9.17, 15) is 4.39 Å². The number of nitrogens with zero attached hydrogens (tertiary/aromatic N) is 1. The number of allylic oxidation sites excluding steroid dienone is 2. The van der Waals surface area contributed by atoms with Crippen LogP contribution in [0.5, 0.6) is 0 Å². The average molecular weight is 306 g/mol. The van der Waals surface area contributed by atoms with Gasteiger partial charge in [-0.25, -0.2) is 4.39 Å². The number of nitrogens with two attached hydrogens (primary N) is 1. The molecule has 0 aliphatic rings. The average Bonchev–Trinajstić information content (AvgIpc) is 2.21. The summed E-state index contributed by atoms with van der Waals surface area (Å²) >= 11 is 9.26. The second-order valence-electron chi connectivity index (χ2n) is 3.20. The van der Waals surface area contributed by atoms with Gasteiger partial charge in [0.1, 0.15) is 10.4 Å². The first kappa shape index (κ1) is 13.2. The van der Waals surface area contributed by atoms with Gasteiger partial charge in [0.2, 0.25) is 0 Å². The van der Waals surface area contributed by atoms with Crippen molar-refractivity contribution in [2.45, 2.75) is 6.92 Å². The first-order valence-electron chi connectivity index (χ1n) is 4.51. The van der Waals surface area contributed by atoms with Gasteiger partial charge in [0.15, 0.2) is 0 Å². The number of benzene rings is 1. The number of rotatable bonds is 2. The minimum absolute atomic E-state index is 0.306. The molecule has 1 rings (SSSR count). The Balaban J connectivity index is 3.41. The highest BCUT2D eigenvalue weighted by Gasteiger charge is 2.13. The highest BCUT2D eigenvalue weighted by molar-refractivity contribution is 9.18. The van der Waals surface area contributed by atoms with Crippen LogP contribution in [0.2, 0.25) is 5.02 Å². The molecular formula is C11H11BrClFN2. The molecule has 0 saturated carbocycles. The molecule has 0 radical (unpaired) electrons. The summed E-state index contributed by atoms with van der Waals surface area (Å²) in [7, 11) is 1.63. The predicted octanol–water partition coefficient (Wildman–Crippen LogP) is 3.59. The first-order chi connectivity index (χ1) is 7.47. The molecule has 0 bridgehead atoms. The smallest absolute Gasteiger partial charge is 0.124 e. The van der Waals surface area contributed by atoms with Gasteiger partial charge in [0.05, 0.1) is 5.02 Å². The van der Waals surface area contributed by atoms with Gasteiger partial charge in [-0.1, -0.05) is 11.6 Å². The van der Waals surface area contributed by atoms with Gasteiger partial charge < -0.3 is 5.73 Å². The van der Waals surface area contributed by atoms with Crippen molar-refractivity contribution in [3.63, 3.8) is 0 Å².